The summed E-state index contributed by atoms with van der Waals surface area (Å²) in [4.78, 5) is 16.6. The van der Waals surface area contributed by atoms with Gasteiger partial charge >= 0.3 is 5.69 Å². The number of morpholine rings is 1. The van der Waals surface area contributed by atoms with E-state index >= 15 is 0 Å². The molecule has 1 aromatic rings. The highest BCUT2D eigenvalue weighted by Gasteiger charge is 2.23. The number of hydrogen-bond donors (Lipinski definition) is 0. The van der Waals surface area contributed by atoms with Crippen LogP contribution in [0.5, 0.6) is 0 Å². The quantitative estimate of drug-likeness (QED) is 0.465. The monoisotopic (exact) mass is 335 g/mol. The van der Waals surface area contributed by atoms with Crippen LogP contribution in [-0.4, -0.2) is 36.2 Å². The average molecular weight is 335 g/mol. The summed E-state index contributed by atoms with van der Waals surface area (Å²) in [6.45, 7) is 2.47. The summed E-state index contributed by atoms with van der Waals surface area (Å²) in [5.41, 5.74) is 0.0637. The van der Waals surface area contributed by atoms with Gasteiger partial charge in [0, 0.05) is 28.9 Å². The Morgan fingerprint density at radius 3 is 2.81 bits per heavy atom. The van der Waals surface area contributed by atoms with Crippen LogP contribution >= 0.6 is 22.6 Å². The van der Waals surface area contributed by atoms with Crippen molar-refractivity contribution < 1.29 is 9.66 Å². The molecular formula is C9H10IN3O3. The van der Waals surface area contributed by atoms with E-state index in [1.54, 1.807) is 12.3 Å². The number of hydrogen-bond acceptors (Lipinski definition) is 5. The minimum Gasteiger partial charge on any atom is -0.378 e. The molecule has 16 heavy (non-hydrogen) atoms. The highest BCUT2D eigenvalue weighted by atomic mass is 127. The van der Waals surface area contributed by atoms with Crippen LogP contribution in [-0.2, 0) is 4.74 Å². The fourth-order valence-electron chi connectivity index (χ4n) is 1.57. The van der Waals surface area contributed by atoms with Gasteiger partial charge in [-0.25, -0.2) is 4.98 Å². The molecule has 2 rings (SSSR count). The second kappa shape index (κ2) is 4.91. The Morgan fingerprint density at radius 2 is 2.19 bits per heavy atom. The van der Waals surface area contributed by atoms with Gasteiger partial charge in [-0.05, 0) is 22.6 Å². The third-order valence-electron chi connectivity index (χ3n) is 2.32. The molecule has 0 spiro atoms. The lowest BCUT2D eigenvalue weighted by Crippen LogP contribution is -2.37. The van der Waals surface area contributed by atoms with Crippen LogP contribution in [0.1, 0.15) is 0 Å². The largest absolute Gasteiger partial charge is 0.378 e. The maximum atomic E-state index is 10.9. The molecule has 0 atom stereocenters. The Morgan fingerprint density at radius 1 is 1.50 bits per heavy atom. The van der Waals surface area contributed by atoms with Gasteiger partial charge in [0.05, 0.1) is 18.1 Å². The van der Waals surface area contributed by atoms with Crippen molar-refractivity contribution in [2.24, 2.45) is 0 Å². The zero-order valence-corrected chi connectivity index (χ0v) is 10.6. The number of ether oxygens (including phenoxy) is 1. The molecule has 1 aromatic heterocycles. The smallest absolute Gasteiger partial charge is 0.312 e. The second-order valence-electron chi connectivity index (χ2n) is 3.35. The van der Waals surface area contributed by atoms with Gasteiger partial charge in [-0.3, -0.25) is 10.1 Å². The molecule has 0 N–H and O–H groups in total. The number of pyridine rings is 1. The molecule has 1 saturated heterocycles. The molecule has 86 valence electrons. The number of halogens is 1. The van der Waals surface area contributed by atoms with Gasteiger partial charge in [0.2, 0.25) is 5.82 Å². The van der Waals surface area contributed by atoms with Gasteiger partial charge in [-0.2, -0.15) is 0 Å². The predicted octanol–water partition coefficient (Wildman–Crippen LogP) is 1.43. The minimum atomic E-state index is -0.389. The van der Waals surface area contributed by atoms with Crippen molar-refractivity contribution in [3.8, 4) is 0 Å². The van der Waals surface area contributed by atoms with Gasteiger partial charge in [-0.1, -0.05) is 0 Å². The van der Waals surface area contributed by atoms with Crippen molar-refractivity contribution in [3.05, 3.63) is 25.9 Å². The zero-order chi connectivity index (χ0) is 11.5. The first-order chi connectivity index (χ1) is 7.68. The van der Waals surface area contributed by atoms with Crippen LogP contribution in [0.2, 0.25) is 0 Å². The van der Waals surface area contributed by atoms with Crippen LogP contribution in [0.15, 0.2) is 12.3 Å². The Bertz CT molecular complexity index is 407. The van der Waals surface area contributed by atoms with E-state index in [2.05, 4.69) is 4.98 Å². The Balaban J connectivity index is 2.34. The Kier molecular flexibility index (Phi) is 3.54. The van der Waals surface area contributed by atoms with Gasteiger partial charge in [0.1, 0.15) is 0 Å². The molecule has 1 aliphatic rings. The SMILES string of the molecule is O=[N+]([O-])c1cc(I)cnc1N1CCOCC1. The molecule has 0 radical (unpaired) electrons. The highest BCUT2D eigenvalue weighted by molar-refractivity contribution is 14.1. The molecule has 7 heteroatoms. The Hall–Kier alpha value is -0.960. The zero-order valence-electron chi connectivity index (χ0n) is 8.43. The molecule has 0 aliphatic carbocycles. The summed E-state index contributed by atoms with van der Waals surface area (Å²) < 4.78 is 5.97. The van der Waals surface area contributed by atoms with Crippen LogP contribution < -0.4 is 4.90 Å². The summed E-state index contributed by atoms with van der Waals surface area (Å²) in [6.07, 6.45) is 1.64. The molecule has 2 heterocycles. The van der Waals surface area contributed by atoms with E-state index in [1.807, 2.05) is 27.5 Å². The molecular weight excluding hydrogens is 325 g/mol. The summed E-state index contributed by atoms with van der Waals surface area (Å²) >= 11 is 2.02. The van der Waals surface area contributed by atoms with Crippen LogP contribution in [0, 0.1) is 13.7 Å². The van der Waals surface area contributed by atoms with E-state index in [-0.39, 0.29) is 10.6 Å². The molecule has 0 aromatic carbocycles. The van der Waals surface area contributed by atoms with E-state index in [0.717, 1.165) is 3.57 Å². The highest BCUT2D eigenvalue weighted by Crippen LogP contribution is 2.27. The fourth-order valence-corrected chi connectivity index (χ4v) is 2.01. The fraction of sp³-hybridized carbons (Fsp3) is 0.444. The normalized spacial score (nSPS) is 16.2. The average Bonchev–Trinajstić information content (AvgIpc) is 2.30. The van der Waals surface area contributed by atoms with E-state index in [0.29, 0.717) is 32.1 Å². The number of aromatic nitrogens is 1. The molecule has 0 unspecified atom stereocenters. The molecule has 1 aliphatic heterocycles. The van der Waals surface area contributed by atoms with Crippen molar-refractivity contribution in [2.45, 2.75) is 0 Å². The van der Waals surface area contributed by atoms with Crippen molar-refractivity contribution in [3.63, 3.8) is 0 Å². The second-order valence-corrected chi connectivity index (χ2v) is 4.60. The summed E-state index contributed by atoms with van der Waals surface area (Å²) in [5, 5.41) is 10.9. The van der Waals surface area contributed by atoms with Crippen LogP contribution in [0.25, 0.3) is 0 Å². The van der Waals surface area contributed by atoms with E-state index in [9.17, 15) is 10.1 Å². The lowest BCUT2D eigenvalue weighted by atomic mass is 10.3. The van der Waals surface area contributed by atoms with Gasteiger partial charge in [0.15, 0.2) is 0 Å². The van der Waals surface area contributed by atoms with Crippen molar-refractivity contribution in [1.29, 1.82) is 0 Å². The lowest BCUT2D eigenvalue weighted by Gasteiger charge is -2.27. The summed E-state index contributed by atoms with van der Waals surface area (Å²) in [5.74, 6) is 0.439. The first-order valence-electron chi connectivity index (χ1n) is 4.81. The molecule has 0 saturated carbocycles. The maximum absolute atomic E-state index is 10.9. The topological polar surface area (TPSA) is 68.5 Å². The van der Waals surface area contributed by atoms with E-state index < -0.39 is 0 Å². The van der Waals surface area contributed by atoms with E-state index in [1.165, 1.54) is 0 Å². The van der Waals surface area contributed by atoms with Crippen molar-refractivity contribution in [1.82, 2.24) is 4.98 Å². The van der Waals surface area contributed by atoms with E-state index in [4.69, 9.17) is 4.74 Å². The van der Waals surface area contributed by atoms with Crippen LogP contribution in [0.4, 0.5) is 11.5 Å². The summed E-state index contributed by atoms with van der Waals surface area (Å²) in [7, 11) is 0. The minimum absolute atomic E-state index is 0.0637. The first kappa shape index (κ1) is 11.5. The van der Waals surface area contributed by atoms with Gasteiger partial charge < -0.3 is 9.64 Å². The van der Waals surface area contributed by atoms with Gasteiger partial charge in [-0.15, -0.1) is 0 Å². The number of nitrogens with zero attached hydrogens (tertiary/aromatic N) is 3. The third kappa shape index (κ3) is 2.40. The number of anilines is 1. The molecule has 6 nitrogen and oxygen atoms in total. The van der Waals surface area contributed by atoms with Crippen molar-refractivity contribution in [2.75, 3.05) is 31.2 Å². The lowest BCUT2D eigenvalue weighted by molar-refractivity contribution is -0.384. The third-order valence-corrected chi connectivity index (χ3v) is 2.91. The summed E-state index contributed by atoms with van der Waals surface area (Å²) in [6, 6.07) is 1.54. The molecule has 0 amide bonds. The number of rotatable bonds is 2. The van der Waals surface area contributed by atoms with Gasteiger partial charge in [0.25, 0.3) is 0 Å². The predicted molar refractivity (Wildman–Crippen MR) is 66.6 cm³/mol. The maximum Gasteiger partial charge on any atom is 0.312 e. The van der Waals surface area contributed by atoms with Crippen LogP contribution in [0.3, 0.4) is 0 Å². The molecule has 1 fully saturated rings. The number of nitro groups is 1. The first-order valence-corrected chi connectivity index (χ1v) is 5.89. The standard InChI is InChI=1S/C9H10IN3O3/c10-7-5-8(13(14)15)9(11-6-7)12-1-3-16-4-2-12/h5-6H,1-4H2. The Labute approximate surface area is 106 Å². The van der Waals surface area contributed by atoms with Crippen molar-refractivity contribution >= 4 is 34.1 Å². The molecule has 0 bridgehead atoms.